The molecule has 2 aromatic rings. The molecule has 0 spiro atoms. The minimum Gasteiger partial charge on any atom is -0.457 e. The molecule has 2 aliphatic rings. The molecule has 0 radical (unpaired) electrons. The second-order valence-electron chi connectivity index (χ2n) is 11.7. The maximum absolute atomic E-state index is 13.4. The van der Waals surface area contributed by atoms with Gasteiger partial charge >= 0.3 is 5.97 Å². The molecule has 0 N–H and O–H groups in total. The predicted molar refractivity (Wildman–Crippen MR) is 152 cm³/mol. The van der Waals surface area contributed by atoms with Gasteiger partial charge in [0.15, 0.2) is 26.5 Å². The van der Waals surface area contributed by atoms with Crippen LogP contribution in [0.2, 0.25) is 18.1 Å². The average Bonchev–Trinajstić information content (AvgIpc) is 2.85. The van der Waals surface area contributed by atoms with E-state index in [1.165, 1.54) is 6.92 Å². The van der Waals surface area contributed by atoms with Crippen molar-refractivity contribution in [1.82, 2.24) is 0 Å². The first-order valence-corrected chi connectivity index (χ1v) is 17.2. The van der Waals surface area contributed by atoms with Crippen molar-refractivity contribution in [2.45, 2.75) is 106 Å². The molecule has 8 heteroatoms. The maximum atomic E-state index is 13.4. The molecule has 6 atom stereocenters. The van der Waals surface area contributed by atoms with Crippen molar-refractivity contribution in [1.29, 1.82) is 0 Å². The van der Waals surface area contributed by atoms with E-state index in [-0.39, 0.29) is 22.0 Å². The van der Waals surface area contributed by atoms with E-state index in [2.05, 4.69) is 33.9 Å². The van der Waals surface area contributed by atoms with Crippen molar-refractivity contribution in [2.75, 3.05) is 0 Å². The molecule has 1 aliphatic carbocycles. The van der Waals surface area contributed by atoms with E-state index in [0.717, 1.165) is 16.9 Å². The number of rotatable bonds is 7. The number of ether oxygens (including phenoxy) is 3. The van der Waals surface area contributed by atoms with Crippen LogP contribution in [-0.4, -0.2) is 56.0 Å². The van der Waals surface area contributed by atoms with E-state index >= 15 is 0 Å². The summed E-state index contributed by atoms with van der Waals surface area (Å²) in [7, 11) is -2.30. The molecule has 1 aliphatic heterocycles. The zero-order chi connectivity index (χ0) is 27.7. The first kappa shape index (κ1) is 29.0. The molecule has 206 valence electrons. The number of ketones is 1. The first-order valence-electron chi connectivity index (χ1n) is 13.4. The Kier molecular flexibility index (Phi) is 8.89. The molecular formula is C30H40O6SSi. The number of hydrogen-bond donors (Lipinski definition) is 0. The summed E-state index contributed by atoms with van der Waals surface area (Å²) in [6.07, 6.45) is -1.54. The largest absolute Gasteiger partial charge is 0.457 e. The summed E-state index contributed by atoms with van der Waals surface area (Å²) >= 11 is 1.58. The second kappa shape index (κ2) is 11.6. The Morgan fingerprint density at radius 1 is 1.03 bits per heavy atom. The Morgan fingerprint density at radius 3 is 2.34 bits per heavy atom. The topological polar surface area (TPSA) is 71.1 Å². The first-order chi connectivity index (χ1) is 17.9. The van der Waals surface area contributed by atoms with E-state index < -0.39 is 39.0 Å². The van der Waals surface area contributed by atoms with Crippen LogP contribution >= 0.6 is 11.8 Å². The van der Waals surface area contributed by atoms with Crippen LogP contribution in [0.1, 0.15) is 57.0 Å². The number of benzene rings is 2. The Labute approximate surface area is 231 Å². The number of hydrogen-bond acceptors (Lipinski definition) is 7. The number of fused-ring (bicyclic) bond motifs is 1. The van der Waals surface area contributed by atoms with Crippen molar-refractivity contribution in [3.05, 3.63) is 65.7 Å². The molecule has 1 fully saturated rings. The summed E-state index contributed by atoms with van der Waals surface area (Å²) in [4.78, 5) is 26.6. The van der Waals surface area contributed by atoms with E-state index in [4.69, 9.17) is 18.6 Å². The van der Waals surface area contributed by atoms with Gasteiger partial charge in [0.05, 0.1) is 11.4 Å². The number of aryl methyl sites for hydroxylation is 1. The minimum atomic E-state index is -2.30. The maximum Gasteiger partial charge on any atom is 0.303 e. The number of thioether (sulfide) groups is 1. The van der Waals surface area contributed by atoms with Gasteiger partial charge in [-0.2, -0.15) is 0 Å². The Morgan fingerprint density at radius 2 is 1.68 bits per heavy atom. The van der Waals surface area contributed by atoms with E-state index in [0.29, 0.717) is 12.0 Å². The molecule has 4 rings (SSSR count). The fraction of sp³-hybridized carbons (Fsp3) is 0.533. The Bertz CT molecular complexity index is 1130. The minimum absolute atomic E-state index is 0.0180. The van der Waals surface area contributed by atoms with Gasteiger partial charge in [-0.1, -0.05) is 63.2 Å². The van der Waals surface area contributed by atoms with Crippen molar-refractivity contribution in [3.8, 4) is 0 Å². The average molecular weight is 557 g/mol. The van der Waals surface area contributed by atoms with Gasteiger partial charge < -0.3 is 18.6 Å². The highest BCUT2D eigenvalue weighted by molar-refractivity contribution is 8.00. The van der Waals surface area contributed by atoms with Crippen LogP contribution in [-0.2, 0) is 29.9 Å². The summed E-state index contributed by atoms with van der Waals surface area (Å²) in [6.45, 7) is 14.2. The fourth-order valence-electron chi connectivity index (χ4n) is 4.73. The molecule has 1 heterocycles. The molecule has 0 amide bonds. The highest BCUT2D eigenvalue weighted by atomic mass is 32.2. The molecule has 38 heavy (non-hydrogen) atoms. The smallest absolute Gasteiger partial charge is 0.303 e. The molecular weight excluding hydrogens is 516 g/mol. The van der Waals surface area contributed by atoms with Crippen molar-refractivity contribution in [2.24, 2.45) is 0 Å². The number of esters is 1. The molecule has 6 nitrogen and oxygen atoms in total. The van der Waals surface area contributed by atoms with Gasteiger partial charge in [-0.3, -0.25) is 9.59 Å². The SMILES string of the molecule is CC(=O)O[C@H]1[C@H](O[Si](C)(C)C(C)(C)C)[C@@H](Sc2ccccc2)[C@H](OC2CCc3ccccc3C2=O)O[C@@H]1C. The lowest BCUT2D eigenvalue weighted by molar-refractivity contribution is -0.252. The van der Waals surface area contributed by atoms with Gasteiger partial charge in [-0.25, -0.2) is 0 Å². The van der Waals surface area contributed by atoms with Gasteiger partial charge in [-0.15, -0.1) is 11.8 Å². The number of carbonyl (C=O) groups excluding carboxylic acids is 2. The highest BCUT2D eigenvalue weighted by Crippen LogP contribution is 2.44. The van der Waals surface area contributed by atoms with Gasteiger partial charge in [-0.05, 0) is 55.6 Å². The molecule has 0 aromatic heterocycles. The van der Waals surface area contributed by atoms with Crippen LogP contribution in [0.15, 0.2) is 59.5 Å². The van der Waals surface area contributed by atoms with Crippen LogP contribution in [0.4, 0.5) is 0 Å². The van der Waals surface area contributed by atoms with Crippen LogP contribution in [0.25, 0.3) is 0 Å². The molecule has 1 saturated heterocycles. The van der Waals surface area contributed by atoms with Crippen LogP contribution in [0.3, 0.4) is 0 Å². The predicted octanol–water partition coefficient (Wildman–Crippen LogP) is 6.43. The molecule has 1 unspecified atom stereocenters. The third-order valence-corrected chi connectivity index (χ3v) is 13.6. The normalized spacial score (nSPS) is 28.0. The van der Waals surface area contributed by atoms with Crippen LogP contribution < -0.4 is 0 Å². The fourth-order valence-corrected chi connectivity index (χ4v) is 7.36. The van der Waals surface area contributed by atoms with Crippen molar-refractivity contribution < 1.29 is 28.2 Å². The van der Waals surface area contributed by atoms with Crippen molar-refractivity contribution >= 4 is 31.8 Å². The quantitative estimate of drug-likeness (QED) is 0.288. The highest BCUT2D eigenvalue weighted by Gasteiger charge is 2.52. The molecule has 0 saturated carbocycles. The summed E-state index contributed by atoms with van der Waals surface area (Å²) in [5, 5.41) is -0.423. The third-order valence-electron chi connectivity index (χ3n) is 7.83. The number of Topliss-reactive ketones (excluding diaryl/α,β-unsaturated/α-hetero) is 1. The monoisotopic (exact) mass is 556 g/mol. The van der Waals surface area contributed by atoms with Crippen LogP contribution in [0, 0.1) is 0 Å². The molecule has 0 bridgehead atoms. The lowest BCUT2D eigenvalue weighted by Crippen LogP contribution is -2.62. The van der Waals surface area contributed by atoms with Gasteiger partial charge in [0.1, 0.15) is 12.2 Å². The van der Waals surface area contributed by atoms with E-state index in [1.807, 2.05) is 61.5 Å². The standard InChI is InChI=1S/C30H40O6SSi/c1-19-26(34-20(2)31)27(36-38(6,7)30(3,4)5)28(37-22-14-9-8-10-15-22)29(33-19)35-24-18-17-21-13-11-12-16-23(21)25(24)32/h8-16,19,24,26-29H,17-18H2,1-7H3/t19-,24?,26-,27+,28-,29+/m1/s1. The summed E-state index contributed by atoms with van der Waals surface area (Å²) in [6, 6.07) is 17.7. The van der Waals surface area contributed by atoms with Gasteiger partial charge in [0.2, 0.25) is 0 Å². The zero-order valence-electron chi connectivity index (χ0n) is 23.4. The second-order valence-corrected chi connectivity index (χ2v) is 17.7. The Balaban J connectivity index is 1.70. The van der Waals surface area contributed by atoms with Gasteiger partial charge in [0.25, 0.3) is 0 Å². The summed E-state index contributed by atoms with van der Waals surface area (Å²) in [5.41, 5.74) is 1.77. The zero-order valence-corrected chi connectivity index (χ0v) is 25.2. The third kappa shape index (κ3) is 6.42. The Hall–Kier alpha value is -1.97. The van der Waals surface area contributed by atoms with E-state index in [9.17, 15) is 9.59 Å². The van der Waals surface area contributed by atoms with E-state index in [1.54, 1.807) is 11.8 Å². The van der Waals surface area contributed by atoms with Crippen molar-refractivity contribution in [3.63, 3.8) is 0 Å². The lowest BCUT2D eigenvalue weighted by atomic mass is 9.88. The summed E-state index contributed by atoms with van der Waals surface area (Å²) < 4.78 is 25.8. The lowest BCUT2D eigenvalue weighted by Gasteiger charge is -2.49. The summed E-state index contributed by atoms with van der Waals surface area (Å²) in [5.74, 6) is -0.397. The number of carbonyl (C=O) groups is 2. The molecule has 2 aromatic carbocycles. The van der Waals surface area contributed by atoms with Crippen LogP contribution in [0.5, 0.6) is 0 Å². The van der Waals surface area contributed by atoms with Gasteiger partial charge in [0, 0.05) is 17.4 Å².